The topological polar surface area (TPSA) is 78.5 Å². The molecule has 2 aromatic rings. The number of hydrogen-bond acceptors (Lipinski definition) is 4. The fourth-order valence-corrected chi connectivity index (χ4v) is 5.52. The van der Waals surface area contributed by atoms with Crippen molar-refractivity contribution in [2.75, 3.05) is 23.1 Å². The van der Waals surface area contributed by atoms with Gasteiger partial charge in [-0.15, -0.1) is 11.3 Å². The summed E-state index contributed by atoms with van der Waals surface area (Å²) >= 11 is 4.38. The number of halogens is 1. The van der Waals surface area contributed by atoms with Gasteiger partial charge >= 0.3 is 6.03 Å². The van der Waals surface area contributed by atoms with Crippen molar-refractivity contribution in [2.45, 2.75) is 17.1 Å². The van der Waals surface area contributed by atoms with Gasteiger partial charge in [0.05, 0.1) is 15.2 Å². The third kappa shape index (κ3) is 3.90. The summed E-state index contributed by atoms with van der Waals surface area (Å²) in [7, 11) is -3.70. The molecule has 0 radical (unpaired) electrons. The SMILES string of the molecule is O=C(Nc1ccccc1NS(=O)(=O)c1ccc(Br)s1)N1CCCC1. The molecule has 3 rings (SSSR count). The molecule has 1 aliphatic heterocycles. The van der Waals surface area contributed by atoms with Gasteiger partial charge in [0.1, 0.15) is 4.21 Å². The van der Waals surface area contributed by atoms with Crippen LogP contribution in [0.1, 0.15) is 12.8 Å². The summed E-state index contributed by atoms with van der Waals surface area (Å²) in [4.78, 5) is 14.0. The van der Waals surface area contributed by atoms with Crippen LogP contribution in [0.2, 0.25) is 0 Å². The number of sulfonamides is 1. The average Bonchev–Trinajstić information content (AvgIpc) is 3.20. The number of benzene rings is 1. The number of thiophene rings is 1. The highest BCUT2D eigenvalue weighted by Crippen LogP contribution is 2.30. The van der Waals surface area contributed by atoms with Crippen LogP contribution in [0.4, 0.5) is 16.2 Å². The molecule has 0 atom stereocenters. The van der Waals surface area contributed by atoms with E-state index in [2.05, 4.69) is 26.0 Å². The highest BCUT2D eigenvalue weighted by atomic mass is 79.9. The van der Waals surface area contributed by atoms with Crippen molar-refractivity contribution in [3.8, 4) is 0 Å². The van der Waals surface area contributed by atoms with Gasteiger partial charge in [-0.25, -0.2) is 13.2 Å². The van der Waals surface area contributed by atoms with Gasteiger partial charge in [0.25, 0.3) is 10.0 Å². The molecule has 1 fully saturated rings. The van der Waals surface area contributed by atoms with E-state index in [1.54, 1.807) is 35.2 Å². The van der Waals surface area contributed by atoms with Gasteiger partial charge in [-0.3, -0.25) is 4.72 Å². The highest BCUT2D eigenvalue weighted by Gasteiger charge is 2.21. The quantitative estimate of drug-likeness (QED) is 0.772. The molecule has 6 nitrogen and oxygen atoms in total. The Hall–Kier alpha value is -1.58. The van der Waals surface area contributed by atoms with E-state index in [9.17, 15) is 13.2 Å². The lowest BCUT2D eigenvalue weighted by Crippen LogP contribution is -2.32. The summed E-state index contributed by atoms with van der Waals surface area (Å²) in [6.45, 7) is 1.45. The van der Waals surface area contributed by atoms with E-state index in [1.807, 2.05) is 0 Å². The van der Waals surface area contributed by atoms with E-state index in [1.165, 1.54) is 6.07 Å². The summed E-state index contributed by atoms with van der Waals surface area (Å²) in [5.74, 6) is 0. The Bertz CT molecular complexity index is 845. The Kier molecular flexibility index (Phi) is 5.12. The summed E-state index contributed by atoms with van der Waals surface area (Å²) in [5.41, 5.74) is 0.781. The van der Waals surface area contributed by atoms with Gasteiger partial charge < -0.3 is 10.2 Å². The molecule has 0 unspecified atom stereocenters. The zero-order chi connectivity index (χ0) is 17.2. The maximum atomic E-state index is 12.5. The molecule has 2 N–H and O–H groups in total. The number of para-hydroxylation sites is 2. The van der Waals surface area contributed by atoms with Crippen LogP contribution in [0.5, 0.6) is 0 Å². The van der Waals surface area contributed by atoms with Crippen LogP contribution < -0.4 is 10.0 Å². The molecule has 0 bridgehead atoms. The molecule has 1 aromatic heterocycles. The third-order valence-electron chi connectivity index (χ3n) is 3.62. The van der Waals surface area contributed by atoms with Crippen LogP contribution in [-0.4, -0.2) is 32.4 Å². The summed E-state index contributed by atoms with van der Waals surface area (Å²) in [5, 5.41) is 2.79. The third-order valence-corrected chi connectivity index (χ3v) is 7.10. The molecule has 0 spiro atoms. The number of nitrogens with zero attached hydrogens (tertiary/aromatic N) is 1. The predicted molar refractivity (Wildman–Crippen MR) is 99.1 cm³/mol. The first-order valence-corrected chi connectivity index (χ1v) is 10.5. The monoisotopic (exact) mass is 429 g/mol. The van der Waals surface area contributed by atoms with Gasteiger partial charge in [-0.2, -0.15) is 0 Å². The van der Waals surface area contributed by atoms with E-state index < -0.39 is 10.0 Å². The zero-order valence-electron chi connectivity index (χ0n) is 12.7. The van der Waals surface area contributed by atoms with Gasteiger partial charge in [-0.05, 0) is 53.0 Å². The molecule has 128 valence electrons. The number of carbonyl (C=O) groups excluding carboxylic acids is 1. The zero-order valence-corrected chi connectivity index (χ0v) is 15.9. The van der Waals surface area contributed by atoms with Crippen LogP contribution in [0, 0.1) is 0 Å². The minimum atomic E-state index is -3.70. The summed E-state index contributed by atoms with van der Waals surface area (Å²) in [6, 6.07) is 9.77. The van der Waals surface area contributed by atoms with Crippen molar-refractivity contribution in [1.29, 1.82) is 0 Å². The van der Waals surface area contributed by atoms with E-state index in [0.717, 1.165) is 41.1 Å². The van der Waals surface area contributed by atoms with Gasteiger partial charge in [-0.1, -0.05) is 12.1 Å². The molecular weight excluding hydrogens is 414 g/mol. The average molecular weight is 430 g/mol. The lowest BCUT2D eigenvalue weighted by atomic mass is 10.3. The first kappa shape index (κ1) is 17.2. The van der Waals surface area contributed by atoms with Crippen molar-refractivity contribution in [3.63, 3.8) is 0 Å². The van der Waals surface area contributed by atoms with E-state index in [-0.39, 0.29) is 10.2 Å². The van der Waals surface area contributed by atoms with Crippen LogP contribution in [0.3, 0.4) is 0 Å². The number of urea groups is 1. The smallest absolute Gasteiger partial charge is 0.321 e. The highest BCUT2D eigenvalue weighted by molar-refractivity contribution is 9.11. The molecule has 1 aromatic carbocycles. The van der Waals surface area contributed by atoms with E-state index in [0.29, 0.717) is 11.4 Å². The van der Waals surface area contributed by atoms with Crippen molar-refractivity contribution in [1.82, 2.24) is 4.90 Å². The fraction of sp³-hybridized carbons (Fsp3) is 0.267. The van der Waals surface area contributed by atoms with Crippen LogP contribution >= 0.6 is 27.3 Å². The Morgan fingerprint density at radius 2 is 1.75 bits per heavy atom. The molecule has 1 saturated heterocycles. The van der Waals surface area contributed by atoms with Crippen LogP contribution in [0.15, 0.2) is 44.4 Å². The minimum absolute atomic E-state index is 0.204. The Morgan fingerprint density at radius 1 is 1.08 bits per heavy atom. The second kappa shape index (κ2) is 7.12. The summed E-state index contributed by atoms with van der Waals surface area (Å²) < 4.78 is 28.4. The number of anilines is 2. The molecule has 9 heteroatoms. The maximum absolute atomic E-state index is 12.5. The van der Waals surface area contributed by atoms with E-state index >= 15 is 0 Å². The Balaban J connectivity index is 1.80. The van der Waals surface area contributed by atoms with Crippen molar-refractivity contribution >= 4 is 54.7 Å². The number of nitrogens with one attached hydrogen (secondary N) is 2. The minimum Gasteiger partial charge on any atom is -0.325 e. The number of carbonyl (C=O) groups is 1. The molecule has 24 heavy (non-hydrogen) atoms. The van der Waals surface area contributed by atoms with E-state index in [4.69, 9.17) is 0 Å². The second-order valence-electron chi connectivity index (χ2n) is 5.33. The molecular formula is C15H16BrN3O3S2. The largest absolute Gasteiger partial charge is 0.325 e. The lowest BCUT2D eigenvalue weighted by molar-refractivity contribution is 0.222. The number of amides is 2. The first-order chi connectivity index (χ1) is 11.5. The van der Waals surface area contributed by atoms with Crippen LogP contribution in [-0.2, 0) is 10.0 Å². The normalized spacial score (nSPS) is 14.6. The predicted octanol–water partition coefficient (Wildman–Crippen LogP) is 3.94. The van der Waals surface area contributed by atoms with Gasteiger partial charge in [0.2, 0.25) is 0 Å². The fourth-order valence-electron chi connectivity index (χ4n) is 2.43. The molecule has 0 saturated carbocycles. The van der Waals surface area contributed by atoms with Gasteiger partial charge in [0, 0.05) is 13.1 Å². The Labute approximate surface area is 153 Å². The standard InChI is InChI=1S/C15H16BrN3O3S2/c16-13-7-8-14(23-13)24(21,22)18-12-6-2-1-5-11(12)17-15(20)19-9-3-4-10-19/h1-2,5-8,18H,3-4,9-10H2,(H,17,20). The van der Waals surface area contributed by atoms with Gasteiger partial charge in [0.15, 0.2) is 0 Å². The molecule has 0 aliphatic carbocycles. The maximum Gasteiger partial charge on any atom is 0.321 e. The number of rotatable bonds is 4. The molecule has 1 aliphatic rings. The Morgan fingerprint density at radius 3 is 2.38 bits per heavy atom. The van der Waals surface area contributed by atoms with Crippen molar-refractivity contribution in [2.24, 2.45) is 0 Å². The molecule has 2 heterocycles. The number of hydrogen-bond donors (Lipinski definition) is 2. The molecule has 2 amide bonds. The first-order valence-electron chi connectivity index (χ1n) is 7.39. The van der Waals surface area contributed by atoms with Crippen molar-refractivity contribution in [3.05, 3.63) is 40.2 Å². The summed E-state index contributed by atoms with van der Waals surface area (Å²) in [6.07, 6.45) is 1.99. The van der Waals surface area contributed by atoms with Crippen molar-refractivity contribution < 1.29 is 13.2 Å². The number of likely N-dealkylation sites (tertiary alicyclic amines) is 1. The van der Waals surface area contributed by atoms with Crippen LogP contribution in [0.25, 0.3) is 0 Å². The second-order valence-corrected chi connectivity index (χ2v) is 9.71. The lowest BCUT2D eigenvalue weighted by Gasteiger charge is -2.18.